The summed E-state index contributed by atoms with van der Waals surface area (Å²) >= 11 is 0. The maximum absolute atomic E-state index is 3.56. The van der Waals surface area contributed by atoms with Gasteiger partial charge in [-0.3, -0.25) is 0 Å². The van der Waals surface area contributed by atoms with Crippen LogP contribution in [0, 0.1) is 17.8 Å². The first-order valence-electron chi connectivity index (χ1n) is 9.47. The van der Waals surface area contributed by atoms with Gasteiger partial charge >= 0.3 is 0 Å². The predicted octanol–water partition coefficient (Wildman–Crippen LogP) is 7.92. The minimum Gasteiger partial charge on any atom is -0.312 e. The van der Waals surface area contributed by atoms with Gasteiger partial charge in [-0.1, -0.05) is 87.1 Å². The lowest BCUT2D eigenvalue weighted by Gasteiger charge is -1.95. The topological polar surface area (TPSA) is 3.24 Å². The minimum atomic E-state index is 0.833. The second-order valence-corrected chi connectivity index (χ2v) is 8.27. The largest absolute Gasteiger partial charge is 0.312 e. The van der Waals surface area contributed by atoms with Crippen molar-refractivity contribution in [1.82, 2.24) is 4.90 Å². The molecule has 0 aliphatic rings. The molecule has 0 spiro atoms. The molecule has 0 rings (SSSR count). The van der Waals surface area contributed by atoms with Gasteiger partial charge in [0.15, 0.2) is 0 Å². The molecule has 1 nitrogen and oxygen atoms in total. The fourth-order valence-electron chi connectivity index (χ4n) is 0.577. The Balaban J connectivity index is -0.0000000594. The second-order valence-electron chi connectivity index (χ2n) is 8.27. The molecule has 1 heteroatoms. The van der Waals surface area contributed by atoms with E-state index in [2.05, 4.69) is 68.9 Å². The highest BCUT2D eigenvalue weighted by Gasteiger charge is 1.85. The van der Waals surface area contributed by atoms with Gasteiger partial charge in [0.1, 0.15) is 0 Å². The highest BCUT2D eigenvalue weighted by atomic mass is 15.0. The molecule has 0 aliphatic heterocycles. The van der Waals surface area contributed by atoms with Crippen LogP contribution in [0.25, 0.3) is 0 Å². The van der Waals surface area contributed by atoms with Crippen molar-refractivity contribution in [2.24, 2.45) is 17.8 Å². The van der Waals surface area contributed by atoms with Crippen LogP contribution < -0.4 is 0 Å². The Bertz CT molecular complexity index is 163. The van der Waals surface area contributed by atoms with Crippen molar-refractivity contribution in [3.63, 3.8) is 0 Å². The summed E-state index contributed by atoms with van der Waals surface area (Å²) in [5.74, 6) is 2.62. The molecular formula is C22H53N. The molecular weight excluding hydrogens is 278 g/mol. The molecule has 0 saturated carbocycles. The number of hydrogen-bond acceptors (Lipinski definition) is 1. The molecule has 0 aromatic heterocycles. The van der Waals surface area contributed by atoms with Crippen LogP contribution in [0.2, 0.25) is 0 Å². The lowest BCUT2D eigenvalue weighted by molar-refractivity contribution is 0.505. The third-order valence-corrected chi connectivity index (χ3v) is 1.68. The molecule has 0 heterocycles. The monoisotopic (exact) mass is 331 g/mol. The molecule has 23 heavy (non-hydrogen) atoms. The van der Waals surface area contributed by atoms with Crippen molar-refractivity contribution >= 4 is 0 Å². The maximum atomic E-state index is 3.56. The molecule has 0 N–H and O–H groups in total. The van der Waals surface area contributed by atoms with Gasteiger partial charge in [-0.05, 0) is 52.7 Å². The van der Waals surface area contributed by atoms with Crippen LogP contribution in [0.4, 0.5) is 0 Å². The van der Waals surface area contributed by atoms with Crippen LogP contribution in [0.1, 0.15) is 95.4 Å². The van der Waals surface area contributed by atoms with Gasteiger partial charge in [-0.15, -0.1) is 6.58 Å². The molecule has 0 aliphatic carbocycles. The third-order valence-electron chi connectivity index (χ3n) is 1.68. The van der Waals surface area contributed by atoms with Crippen LogP contribution >= 0.6 is 0 Å². The number of nitrogens with zero attached hydrogens (tertiary/aromatic N) is 1. The van der Waals surface area contributed by atoms with E-state index in [9.17, 15) is 0 Å². The fraction of sp³-hybridized carbons (Fsp3) is 0.909. The molecule has 0 unspecified atom stereocenters. The number of hydrogen-bond donors (Lipinski definition) is 0. The van der Waals surface area contributed by atoms with Gasteiger partial charge in [-0.2, -0.15) is 0 Å². The standard InChI is InChI=1S/C6H14.C5H12.C4H10.C4H8.C3H9N/c1-4-5-6(2)3;1-4-5(2)3;3*1-4(2)3/h6H,4-5H2,1-3H3;5H,4H2,1-3H3;4H,1-3H3;1H2,2-3H3;1-3H3. The van der Waals surface area contributed by atoms with E-state index in [0.717, 1.165) is 17.8 Å². The van der Waals surface area contributed by atoms with E-state index < -0.39 is 0 Å². The Kier molecular flexibility index (Phi) is 44.0. The summed E-state index contributed by atoms with van der Waals surface area (Å²) in [6.07, 6.45) is 4.01. The minimum absolute atomic E-state index is 0.833. The Hall–Kier alpha value is -0.300. The lowest BCUT2D eigenvalue weighted by atomic mass is 10.1. The summed E-state index contributed by atoms with van der Waals surface area (Å²) in [5, 5.41) is 0. The molecule has 0 saturated heterocycles. The normalized spacial score (nSPS) is 8.96. The smallest absolute Gasteiger partial charge is 0.0140 e. The van der Waals surface area contributed by atoms with Gasteiger partial charge < -0.3 is 4.90 Å². The average molecular weight is 332 g/mol. The van der Waals surface area contributed by atoms with E-state index in [1.165, 1.54) is 24.8 Å². The summed E-state index contributed by atoms with van der Waals surface area (Å²) in [6.45, 7) is 27.4. The maximum Gasteiger partial charge on any atom is -0.0140 e. The van der Waals surface area contributed by atoms with Gasteiger partial charge in [0.2, 0.25) is 0 Å². The first-order chi connectivity index (χ1) is 10.2. The second kappa shape index (κ2) is 29.7. The van der Waals surface area contributed by atoms with E-state index in [1.807, 2.05) is 39.9 Å². The predicted molar refractivity (Wildman–Crippen MR) is 115 cm³/mol. The molecule has 0 fully saturated rings. The highest BCUT2D eigenvalue weighted by Crippen LogP contribution is 2.00. The zero-order valence-electron chi connectivity index (χ0n) is 19.5. The summed E-state index contributed by atoms with van der Waals surface area (Å²) < 4.78 is 0. The first kappa shape index (κ1) is 34.1. The van der Waals surface area contributed by atoms with Gasteiger partial charge in [0, 0.05) is 0 Å². The van der Waals surface area contributed by atoms with Crippen LogP contribution in [0.5, 0.6) is 0 Å². The fourth-order valence-corrected chi connectivity index (χ4v) is 0.577. The van der Waals surface area contributed by atoms with Crippen LogP contribution in [0.15, 0.2) is 12.2 Å². The van der Waals surface area contributed by atoms with E-state index in [1.54, 1.807) is 0 Å². The van der Waals surface area contributed by atoms with E-state index in [4.69, 9.17) is 0 Å². The average Bonchev–Trinajstić information content (AvgIpc) is 2.26. The third kappa shape index (κ3) is 381. The van der Waals surface area contributed by atoms with Crippen LogP contribution in [-0.2, 0) is 0 Å². The zero-order chi connectivity index (χ0) is 20.0. The van der Waals surface area contributed by atoms with Crippen molar-refractivity contribution in [1.29, 1.82) is 0 Å². The molecule has 0 bridgehead atoms. The molecule has 146 valence electrons. The molecule has 0 radical (unpaired) electrons. The van der Waals surface area contributed by atoms with Crippen molar-refractivity contribution in [2.75, 3.05) is 21.1 Å². The number of rotatable bonds is 3. The summed E-state index contributed by atoms with van der Waals surface area (Å²) in [5.41, 5.74) is 1.17. The lowest BCUT2D eigenvalue weighted by Crippen LogP contribution is -1.99. The summed E-state index contributed by atoms with van der Waals surface area (Å²) in [4.78, 5) is 2.00. The Morgan fingerprint density at radius 1 is 0.783 bits per heavy atom. The summed E-state index contributed by atoms with van der Waals surface area (Å²) in [6, 6.07) is 0. The van der Waals surface area contributed by atoms with Gasteiger partial charge in [0.25, 0.3) is 0 Å². The molecule has 0 aromatic rings. The molecule has 0 atom stereocenters. The quantitative estimate of drug-likeness (QED) is 0.475. The van der Waals surface area contributed by atoms with Crippen molar-refractivity contribution < 1.29 is 0 Å². The van der Waals surface area contributed by atoms with Crippen molar-refractivity contribution in [3.05, 3.63) is 12.2 Å². The number of allylic oxidation sites excluding steroid dienone is 1. The molecule has 0 aromatic carbocycles. The summed E-state index contributed by atoms with van der Waals surface area (Å²) in [7, 11) is 6.00. The Morgan fingerprint density at radius 2 is 0.957 bits per heavy atom. The van der Waals surface area contributed by atoms with Gasteiger partial charge in [0.05, 0.1) is 0 Å². The van der Waals surface area contributed by atoms with E-state index >= 15 is 0 Å². The zero-order valence-corrected chi connectivity index (χ0v) is 19.5. The van der Waals surface area contributed by atoms with Gasteiger partial charge in [-0.25, -0.2) is 0 Å². The van der Waals surface area contributed by atoms with Crippen LogP contribution in [0.3, 0.4) is 0 Å². The SMILES string of the molecule is C=C(C)C.CC(C)C.CCC(C)C.CCCC(C)C.CN(C)C. The first-order valence-corrected chi connectivity index (χ1v) is 9.47. The highest BCUT2D eigenvalue weighted by molar-refractivity contribution is 4.78. The molecule has 0 amide bonds. The Labute approximate surface area is 151 Å². The van der Waals surface area contributed by atoms with Crippen LogP contribution in [-0.4, -0.2) is 26.0 Å². The van der Waals surface area contributed by atoms with Crippen molar-refractivity contribution in [3.8, 4) is 0 Å². The van der Waals surface area contributed by atoms with E-state index in [-0.39, 0.29) is 0 Å². The van der Waals surface area contributed by atoms with E-state index in [0.29, 0.717) is 0 Å². The van der Waals surface area contributed by atoms with Crippen molar-refractivity contribution in [2.45, 2.75) is 95.4 Å². The Morgan fingerprint density at radius 3 is 0.957 bits per heavy atom.